The van der Waals surface area contributed by atoms with Gasteiger partial charge >= 0.3 is 6.36 Å². The lowest BCUT2D eigenvalue weighted by Crippen LogP contribution is -2.59. The van der Waals surface area contributed by atoms with E-state index in [-0.39, 0.29) is 31.8 Å². The summed E-state index contributed by atoms with van der Waals surface area (Å²) >= 11 is 0. The molecule has 1 N–H and O–H groups in total. The van der Waals surface area contributed by atoms with Gasteiger partial charge in [-0.15, -0.1) is 13.2 Å². The Balaban J connectivity index is 1.56. The Morgan fingerprint density at radius 1 is 1.14 bits per heavy atom. The second-order valence-corrected chi connectivity index (χ2v) is 10.8. The van der Waals surface area contributed by atoms with Gasteiger partial charge in [-0.2, -0.15) is 0 Å². The van der Waals surface area contributed by atoms with Crippen LogP contribution in [0.3, 0.4) is 0 Å². The molecular weight excluding hydrogens is 578 g/mol. The molecule has 4 atom stereocenters. The Morgan fingerprint density at radius 2 is 1.83 bits per heavy atom. The summed E-state index contributed by atoms with van der Waals surface area (Å²) in [5.41, 5.74) is -1.42. The van der Waals surface area contributed by atoms with E-state index < -0.39 is 89.7 Å². The molecule has 1 aromatic heterocycles. The third-order valence-electron chi connectivity index (χ3n) is 7.43. The van der Waals surface area contributed by atoms with E-state index >= 15 is 8.78 Å². The van der Waals surface area contributed by atoms with Gasteiger partial charge < -0.3 is 14.8 Å². The van der Waals surface area contributed by atoms with Gasteiger partial charge in [-0.05, 0) is 51.3 Å². The largest absolute Gasteiger partial charge is 0.573 e. The van der Waals surface area contributed by atoms with Crippen LogP contribution in [0, 0.1) is 11.6 Å². The molecule has 0 radical (unpaired) electrons. The van der Waals surface area contributed by atoms with E-state index in [2.05, 4.69) is 15.0 Å². The molecule has 0 unspecified atom stereocenters. The fraction of sp³-hybridized carbons (Fsp3) is 0.571. The van der Waals surface area contributed by atoms with Gasteiger partial charge in [0.15, 0.2) is 5.75 Å². The first-order valence-corrected chi connectivity index (χ1v) is 13.5. The Bertz CT molecular complexity index is 1240. The summed E-state index contributed by atoms with van der Waals surface area (Å²) in [6.07, 6.45) is -8.91. The van der Waals surface area contributed by atoms with Crippen molar-refractivity contribution in [2.45, 2.75) is 88.7 Å². The molecule has 4 rings (SSSR count). The highest BCUT2D eigenvalue weighted by Crippen LogP contribution is 2.38. The first-order valence-electron chi connectivity index (χ1n) is 13.5. The summed E-state index contributed by atoms with van der Waals surface area (Å²) in [5, 5.41) is 2.18. The number of ether oxygens (including phenoxy) is 2. The van der Waals surface area contributed by atoms with Crippen LogP contribution in [0.15, 0.2) is 30.5 Å². The number of alkyl halides is 6. The van der Waals surface area contributed by atoms with Gasteiger partial charge in [0.25, 0.3) is 5.92 Å². The van der Waals surface area contributed by atoms with E-state index in [9.17, 15) is 31.1 Å². The van der Waals surface area contributed by atoms with Crippen LogP contribution in [-0.2, 0) is 16.0 Å². The third kappa shape index (κ3) is 7.88. The molecule has 232 valence electrons. The highest BCUT2D eigenvalue weighted by atomic mass is 19.4. The fourth-order valence-electron chi connectivity index (χ4n) is 5.38. The zero-order valence-electron chi connectivity index (χ0n) is 22.9. The zero-order valence-corrected chi connectivity index (χ0v) is 22.9. The van der Waals surface area contributed by atoms with Crippen molar-refractivity contribution in [2.24, 2.45) is 0 Å². The number of amides is 1. The van der Waals surface area contributed by atoms with E-state index in [1.165, 1.54) is 0 Å². The molecule has 1 saturated carbocycles. The molecule has 2 aromatic rings. The molecule has 1 aromatic carbocycles. The highest BCUT2D eigenvalue weighted by molar-refractivity contribution is 5.81. The Labute approximate surface area is 237 Å². The van der Waals surface area contributed by atoms with Crippen molar-refractivity contribution >= 4 is 5.91 Å². The maximum atomic E-state index is 15.0. The predicted molar refractivity (Wildman–Crippen MR) is 136 cm³/mol. The Hall–Kier alpha value is -3.00. The van der Waals surface area contributed by atoms with E-state index in [1.54, 1.807) is 0 Å². The number of hydrogen-bond donors (Lipinski definition) is 1. The topological polar surface area (TPSA) is 63.7 Å². The first-order chi connectivity index (χ1) is 19.6. The number of pyridine rings is 1. The van der Waals surface area contributed by atoms with Crippen LogP contribution in [0.2, 0.25) is 0 Å². The lowest BCUT2D eigenvalue weighted by Gasteiger charge is -2.42. The first kappa shape index (κ1) is 31.9. The number of hydrogen-bond acceptors (Lipinski definition) is 5. The number of aromatic nitrogens is 1. The molecule has 6 nitrogen and oxygen atoms in total. The average molecular weight is 610 g/mol. The predicted octanol–water partition coefficient (Wildman–Crippen LogP) is 5.98. The summed E-state index contributed by atoms with van der Waals surface area (Å²) in [6, 6.07) is 1.20. The molecule has 1 aliphatic carbocycles. The van der Waals surface area contributed by atoms with Crippen LogP contribution in [0.25, 0.3) is 11.3 Å². The minimum atomic E-state index is -5.28. The van der Waals surface area contributed by atoms with Crippen LogP contribution in [-0.4, -0.2) is 71.6 Å². The number of rotatable bonds is 8. The summed E-state index contributed by atoms with van der Waals surface area (Å²) in [7, 11) is 0. The lowest BCUT2D eigenvalue weighted by atomic mass is 9.88. The minimum Gasteiger partial charge on any atom is -0.403 e. The van der Waals surface area contributed by atoms with Crippen molar-refractivity contribution in [1.29, 1.82) is 0 Å². The van der Waals surface area contributed by atoms with Crippen molar-refractivity contribution in [3.05, 3.63) is 47.7 Å². The Morgan fingerprint density at radius 3 is 2.45 bits per heavy atom. The highest BCUT2D eigenvalue weighted by Gasteiger charge is 2.50. The molecule has 2 aliphatic rings. The minimum absolute atomic E-state index is 0.0628. The fourth-order valence-corrected chi connectivity index (χ4v) is 5.38. The second kappa shape index (κ2) is 12.7. The van der Waals surface area contributed by atoms with Gasteiger partial charge in [0, 0.05) is 48.9 Å². The number of halogens is 8. The molecule has 0 spiro atoms. The normalized spacial score (nSPS) is 24.9. The molecule has 1 aliphatic heterocycles. The van der Waals surface area contributed by atoms with Gasteiger partial charge in [-0.1, -0.05) is 0 Å². The van der Waals surface area contributed by atoms with Crippen molar-refractivity contribution in [2.75, 3.05) is 13.1 Å². The number of carbonyl (C=O) groups excluding carboxylic acids is 1. The molecular formula is C28H31F8N3O3. The van der Waals surface area contributed by atoms with E-state index in [4.69, 9.17) is 4.74 Å². The Kier molecular flexibility index (Phi) is 9.65. The number of likely N-dealkylation sites (tertiary alicyclic amines) is 1. The van der Waals surface area contributed by atoms with Gasteiger partial charge in [0.1, 0.15) is 29.5 Å². The third-order valence-corrected chi connectivity index (χ3v) is 7.43. The second-order valence-electron chi connectivity index (χ2n) is 10.8. The standard InChI is InChI=1S/C28H31F8N3O3/c1-15(2)39-9-6-21(20(31)14-39)41-22-4-3-7-27(32,33)26(22)38-23(40)12-16-5-8-37-24(25(16)42-28(34,35)36)17-10-18(29)13-19(30)11-17/h5,8,10-11,13,15,20-22,26H,3-4,6-7,9,12,14H2,1-2H3,(H,38,40)/t20-,21+,22+,26-/m1/s1. The smallest absolute Gasteiger partial charge is 0.403 e. The van der Waals surface area contributed by atoms with Crippen LogP contribution in [0.1, 0.15) is 45.1 Å². The molecule has 42 heavy (non-hydrogen) atoms. The van der Waals surface area contributed by atoms with Gasteiger partial charge in [0.2, 0.25) is 5.91 Å². The van der Waals surface area contributed by atoms with E-state index in [1.807, 2.05) is 18.7 Å². The maximum absolute atomic E-state index is 15.0. The van der Waals surface area contributed by atoms with Crippen molar-refractivity contribution in [1.82, 2.24) is 15.2 Å². The lowest BCUT2D eigenvalue weighted by molar-refractivity contribution is -0.274. The van der Waals surface area contributed by atoms with E-state index in [0.29, 0.717) is 12.6 Å². The number of benzene rings is 1. The van der Waals surface area contributed by atoms with Crippen molar-refractivity contribution < 1.29 is 49.4 Å². The van der Waals surface area contributed by atoms with E-state index in [0.717, 1.165) is 24.4 Å². The summed E-state index contributed by atoms with van der Waals surface area (Å²) in [5.74, 6) is -7.72. The maximum Gasteiger partial charge on any atom is 0.573 e. The summed E-state index contributed by atoms with van der Waals surface area (Å²) in [4.78, 5) is 18.7. The van der Waals surface area contributed by atoms with Crippen LogP contribution < -0.4 is 10.1 Å². The summed E-state index contributed by atoms with van der Waals surface area (Å²) < 4.78 is 122. The summed E-state index contributed by atoms with van der Waals surface area (Å²) in [6.45, 7) is 4.40. The van der Waals surface area contributed by atoms with Crippen LogP contribution in [0.4, 0.5) is 35.1 Å². The molecule has 1 saturated heterocycles. The number of carbonyl (C=O) groups is 1. The van der Waals surface area contributed by atoms with Gasteiger partial charge in [0.05, 0.1) is 18.6 Å². The van der Waals surface area contributed by atoms with Crippen LogP contribution >= 0.6 is 0 Å². The van der Waals surface area contributed by atoms with Crippen molar-refractivity contribution in [3.8, 4) is 17.0 Å². The number of nitrogens with zero attached hydrogens (tertiary/aromatic N) is 2. The SMILES string of the molecule is CC(C)N1CC[C@H](O[C@H]2CCCC(F)(F)[C@@H]2NC(=O)Cc2ccnc(-c3cc(F)cc(F)c3)c2OC(F)(F)F)[C@H](F)C1. The quantitative estimate of drug-likeness (QED) is 0.374. The molecule has 14 heteroatoms. The van der Waals surface area contributed by atoms with Gasteiger partial charge in [-0.3, -0.25) is 14.7 Å². The zero-order chi connectivity index (χ0) is 30.8. The molecule has 2 fully saturated rings. The van der Waals surface area contributed by atoms with Crippen LogP contribution in [0.5, 0.6) is 5.75 Å². The van der Waals surface area contributed by atoms with Crippen molar-refractivity contribution in [3.63, 3.8) is 0 Å². The molecule has 1 amide bonds. The molecule has 0 bridgehead atoms. The number of piperidine rings is 1. The average Bonchev–Trinajstić information content (AvgIpc) is 2.86. The van der Waals surface area contributed by atoms with Gasteiger partial charge in [-0.25, -0.2) is 22.0 Å². The monoisotopic (exact) mass is 609 g/mol. The number of nitrogens with one attached hydrogen (secondary N) is 1. The molecule has 2 heterocycles.